The number of pyridine rings is 2. The Hall–Kier alpha value is -3.78. The zero-order valence-electron chi connectivity index (χ0n) is 16.4. The molecule has 3 aromatic heterocycles. The van der Waals surface area contributed by atoms with Crippen molar-refractivity contribution < 1.29 is 9.53 Å². The number of nitrogens with one attached hydrogen (secondary N) is 2. The van der Waals surface area contributed by atoms with Gasteiger partial charge in [0.1, 0.15) is 11.9 Å². The summed E-state index contributed by atoms with van der Waals surface area (Å²) in [5.41, 5.74) is 2.56. The highest BCUT2D eigenvalue weighted by molar-refractivity contribution is 6.04. The Morgan fingerprint density at radius 2 is 2.00 bits per heavy atom. The van der Waals surface area contributed by atoms with Gasteiger partial charge in [-0.25, -0.2) is 9.97 Å². The predicted octanol–water partition coefficient (Wildman–Crippen LogP) is 2.63. The monoisotopic (exact) mass is 400 g/mol. The smallest absolute Gasteiger partial charge is 0.257 e. The molecule has 0 unspecified atom stereocenters. The van der Waals surface area contributed by atoms with Gasteiger partial charge in [0.15, 0.2) is 0 Å². The van der Waals surface area contributed by atoms with E-state index in [0.29, 0.717) is 17.3 Å². The average molecular weight is 400 g/mol. The minimum Gasteiger partial charge on any atom is -0.472 e. The summed E-state index contributed by atoms with van der Waals surface area (Å²) >= 11 is 0. The lowest BCUT2D eigenvalue weighted by atomic mass is 10.1. The van der Waals surface area contributed by atoms with E-state index in [2.05, 4.69) is 31.8 Å². The van der Waals surface area contributed by atoms with Gasteiger partial charge in [-0.05, 0) is 29.1 Å². The molecule has 8 nitrogen and oxygen atoms in total. The van der Waals surface area contributed by atoms with E-state index in [9.17, 15) is 4.79 Å². The van der Waals surface area contributed by atoms with Gasteiger partial charge in [0.05, 0.1) is 6.20 Å². The molecule has 30 heavy (non-hydrogen) atoms. The van der Waals surface area contributed by atoms with Gasteiger partial charge in [0.2, 0.25) is 5.88 Å². The SMILES string of the molecule is Cn1cc(-c2ccc3cnc(NC(=O)c4ccnc(OC5CNC5)c4)cc3c2)cn1. The lowest BCUT2D eigenvalue weighted by Crippen LogP contribution is -2.50. The molecular weight excluding hydrogens is 380 g/mol. The minimum absolute atomic E-state index is 0.104. The van der Waals surface area contributed by atoms with Crippen LogP contribution in [0.4, 0.5) is 5.82 Å². The fourth-order valence-corrected chi connectivity index (χ4v) is 3.28. The molecule has 4 heterocycles. The van der Waals surface area contributed by atoms with E-state index in [1.165, 1.54) is 0 Å². The van der Waals surface area contributed by atoms with Gasteiger partial charge in [0, 0.05) is 61.3 Å². The number of anilines is 1. The van der Waals surface area contributed by atoms with Crippen molar-refractivity contribution in [2.75, 3.05) is 18.4 Å². The maximum Gasteiger partial charge on any atom is 0.257 e. The Balaban J connectivity index is 1.36. The van der Waals surface area contributed by atoms with Crippen LogP contribution in [0.25, 0.3) is 21.9 Å². The zero-order valence-corrected chi connectivity index (χ0v) is 16.4. The molecular formula is C22H20N6O2. The van der Waals surface area contributed by atoms with Gasteiger partial charge in [-0.2, -0.15) is 5.10 Å². The standard InChI is InChI=1S/C22H20N6O2/c1-28-13-18(10-26-28)14-2-3-16-9-25-20(7-17(16)6-14)27-22(29)15-4-5-24-21(8-15)30-19-11-23-12-19/h2-10,13,19,23H,11-12H2,1H3,(H,25,27,29). The van der Waals surface area contributed by atoms with Crippen LogP contribution in [0, 0.1) is 0 Å². The highest BCUT2D eigenvalue weighted by atomic mass is 16.5. The summed E-state index contributed by atoms with van der Waals surface area (Å²) in [5, 5.41) is 12.2. The summed E-state index contributed by atoms with van der Waals surface area (Å²) < 4.78 is 7.50. The highest BCUT2D eigenvalue weighted by Crippen LogP contribution is 2.25. The van der Waals surface area contributed by atoms with Crippen molar-refractivity contribution in [3.05, 3.63) is 66.7 Å². The van der Waals surface area contributed by atoms with Crippen molar-refractivity contribution in [3.63, 3.8) is 0 Å². The second-order valence-electron chi connectivity index (χ2n) is 7.27. The van der Waals surface area contributed by atoms with Gasteiger partial charge >= 0.3 is 0 Å². The van der Waals surface area contributed by atoms with E-state index < -0.39 is 0 Å². The molecule has 0 saturated carbocycles. The van der Waals surface area contributed by atoms with E-state index >= 15 is 0 Å². The third-order valence-electron chi connectivity index (χ3n) is 5.03. The number of amides is 1. The molecule has 1 saturated heterocycles. The fraction of sp³-hybridized carbons (Fsp3) is 0.182. The molecule has 1 aliphatic heterocycles. The number of hydrogen-bond donors (Lipinski definition) is 2. The molecule has 0 radical (unpaired) electrons. The first-order valence-corrected chi connectivity index (χ1v) is 9.68. The fourth-order valence-electron chi connectivity index (χ4n) is 3.28. The highest BCUT2D eigenvalue weighted by Gasteiger charge is 2.19. The van der Waals surface area contributed by atoms with Crippen LogP contribution in [-0.4, -0.2) is 44.8 Å². The van der Waals surface area contributed by atoms with Crippen molar-refractivity contribution in [1.82, 2.24) is 25.1 Å². The normalized spacial score (nSPS) is 13.8. The maximum atomic E-state index is 12.7. The van der Waals surface area contributed by atoms with E-state index in [4.69, 9.17) is 4.74 Å². The molecule has 8 heteroatoms. The number of rotatable bonds is 5. The molecule has 1 fully saturated rings. The number of benzene rings is 1. The molecule has 1 amide bonds. The van der Waals surface area contributed by atoms with Gasteiger partial charge in [0.25, 0.3) is 5.91 Å². The summed E-state index contributed by atoms with van der Waals surface area (Å²) in [7, 11) is 1.89. The van der Waals surface area contributed by atoms with Crippen molar-refractivity contribution in [3.8, 4) is 17.0 Å². The van der Waals surface area contributed by atoms with Crippen molar-refractivity contribution in [2.24, 2.45) is 7.05 Å². The molecule has 5 rings (SSSR count). The molecule has 1 aromatic carbocycles. The van der Waals surface area contributed by atoms with Crippen LogP contribution in [0.1, 0.15) is 10.4 Å². The summed E-state index contributed by atoms with van der Waals surface area (Å²) in [6, 6.07) is 11.3. The lowest BCUT2D eigenvalue weighted by Gasteiger charge is -2.27. The number of hydrogen-bond acceptors (Lipinski definition) is 6. The topological polar surface area (TPSA) is 94.0 Å². The second-order valence-corrected chi connectivity index (χ2v) is 7.27. The van der Waals surface area contributed by atoms with Crippen molar-refractivity contribution >= 4 is 22.5 Å². The summed E-state index contributed by atoms with van der Waals surface area (Å²) in [6.07, 6.45) is 7.22. The molecule has 1 aliphatic rings. The largest absolute Gasteiger partial charge is 0.472 e. The third-order valence-corrected chi connectivity index (χ3v) is 5.03. The predicted molar refractivity (Wildman–Crippen MR) is 113 cm³/mol. The van der Waals surface area contributed by atoms with Crippen LogP contribution >= 0.6 is 0 Å². The Labute approximate surface area is 172 Å². The number of ether oxygens (including phenoxy) is 1. The average Bonchev–Trinajstić information content (AvgIpc) is 3.17. The van der Waals surface area contributed by atoms with Crippen LogP contribution in [-0.2, 0) is 7.05 Å². The Morgan fingerprint density at radius 3 is 2.77 bits per heavy atom. The number of fused-ring (bicyclic) bond motifs is 1. The number of carbonyl (C=O) groups excluding carboxylic acids is 1. The lowest BCUT2D eigenvalue weighted by molar-refractivity contribution is 0.102. The van der Waals surface area contributed by atoms with Gasteiger partial charge in [-0.3, -0.25) is 9.48 Å². The Kier molecular flexibility index (Phi) is 4.61. The van der Waals surface area contributed by atoms with Crippen LogP contribution < -0.4 is 15.4 Å². The van der Waals surface area contributed by atoms with Gasteiger partial charge < -0.3 is 15.4 Å². The van der Waals surface area contributed by atoms with Gasteiger partial charge in [-0.1, -0.05) is 12.1 Å². The van der Waals surface area contributed by atoms with E-state index in [1.54, 1.807) is 29.2 Å². The number of aromatic nitrogens is 4. The van der Waals surface area contributed by atoms with Crippen LogP contribution in [0.15, 0.2) is 61.2 Å². The first-order chi connectivity index (χ1) is 14.6. The van der Waals surface area contributed by atoms with Gasteiger partial charge in [-0.15, -0.1) is 0 Å². The molecule has 0 spiro atoms. The summed E-state index contributed by atoms with van der Waals surface area (Å²) in [4.78, 5) is 21.3. The Morgan fingerprint density at radius 1 is 1.10 bits per heavy atom. The number of carbonyl (C=O) groups is 1. The first kappa shape index (κ1) is 18.3. The molecule has 0 aliphatic carbocycles. The minimum atomic E-state index is -0.260. The molecule has 0 atom stereocenters. The van der Waals surface area contributed by atoms with Crippen LogP contribution in [0.2, 0.25) is 0 Å². The second kappa shape index (κ2) is 7.57. The Bertz CT molecular complexity index is 1230. The molecule has 2 N–H and O–H groups in total. The van der Waals surface area contributed by atoms with Crippen LogP contribution in [0.3, 0.4) is 0 Å². The van der Waals surface area contributed by atoms with Crippen LogP contribution in [0.5, 0.6) is 5.88 Å². The maximum absolute atomic E-state index is 12.7. The van der Waals surface area contributed by atoms with E-state index in [1.807, 2.05) is 37.6 Å². The van der Waals surface area contributed by atoms with Crippen molar-refractivity contribution in [1.29, 1.82) is 0 Å². The number of nitrogens with zero attached hydrogens (tertiary/aromatic N) is 4. The summed E-state index contributed by atoms with van der Waals surface area (Å²) in [5.74, 6) is 0.671. The van der Waals surface area contributed by atoms with E-state index in [0.717, 1.165) is 35.0 Å². The molecule has 0 bridgehead atoms. The first-order valence-electron chi connectivity index (χ1n) is 9.68. The molecule has 150 valence electrons. The zero-order chi connectivity index (χ0) is 20.5. The number of aryl methyl sites for hydroxylation is 1. The van der Waals surface area contributed by atoms with E-state index in [-0.39, 0.29) is 12.0 Å². The molecule has 4 aromatic rings. The summed E-state index contributed by atoms with van der Waals surface area (Å²) in [6.45, 7) is 1.58. The quantitative estimate of drug-likeness (QED) is 0.535. The third kappa shape index (κ3) is 3.72. The van der Waals surface area contributed by atoms with Crippen molar-refractivity contribution in [2.45, 2.75) is 6.10 Å².